The van der Waals surface area contributed by atoms with Crippen molar-refractivity contribution in [1.29, 1.82) is 0 Å². The second-order valence-corrected chi connectivity index (χ2v) is 6.07. The maximum absolute atomic E-state index is 14.2. The monoisotopic (exact) mass is 417 g/mol. The lowest BCUT2D eigenvalue weighted by molar-refractivity contribution is -0.120. The van der Waals surface area contributed by atoms with E-state index in [1.54, 1.807) is 43.4 Å². The van der Waals surface area contributed by atoms with E-state index in [1.807, 2.05) is 0 Å². The summed E-state index contributed by atoms with van der Waals surface area (Å²) < 4.78 is 24.1. The zero-order valence-electron chi connectivity index (χ0n) is 15.5. The summed E-state index contributed by atoms with van der Waals surface area (Å²) >= 11 is 6.10. The average Bonchev–Trinajstić information content (AvgIpc) is 2.72. The molecule has 1 aromatic heterocycles. The topological polar surface area (TPSA) is 97.4 Å². The predicted molar refractivity (Wildman–Crippen MR) is 109 cm³/mol. The molecule has 0 aliphatic heterocycles. The smallest absolute Gasteiger partial charge is 0.298 e. The number of nitrogens with zero attached hydrogens (tertiary/aromatic N) is 2. The number of methoxy groups -OCH3 is 1. The number of rotatable bonds is 8. The molecule has 0 aliphatic carbocycles. The van der Waals surface area contributed by atoms with E-state index >= 15 is 0 Å². The van der Waals surface area contributed by atoms with Gasteiger partial charge in [-0.3, -0.25) is 4.79 Å². The van der Waals surface area contributed by atoms with E-state index in [0.29, 0.717) is 40.1 Å². The molecule has 0 saturated carbocycles. The van der Waals surface area contributed by atoms with E-state index in [9.17, 15) is 9.18 Å². The van der Waals surface area contributed by atoms with Crippen LogP contribution in [0.5, 0.6) is 11.5 Å². The Hall–Kier alpha value is -3.59. The lowest BCUT2D eigenvalue weighted by Crippen LogP contribution is -2.04. The molecule has 0 bridgehead atoms. The Morgan fingerprint density at radius 1 is 1.10 bits per heavy atom. The van der Waals surface area contributed by atoms with Gasteiger partial charge in [0.15, 0.2) is 17.4 Å². The van der Waals surface area contributed by atoms with Crippen LogP contribution in [0.3, 0.4) is 0 Å². The van der Waals surface area contributed by atoms with Gasteiger partial charge in [0.25, 0.3) is 6.47 Å². The molecule has 29 heavy (non-hydrogen) atoms. The maximum atomic E-state index is 14.2. The van der Waals surface area contributed by atoms with E-state index in [4.69, 9.17) is 21.1 Å². The van der Waals surface area contributed by atoms with Crippen molar-refractivity contribution in [2.45, 2.75) is 0 Å². The second kappa shape index (κ2) is 9.07. The van der Waals surface area contributed by atoms with Crippen LogP contribution in [0.2, 0.25) is 5.02 Å². The van der Waals surface area contributed by atoms with Crippen LogP contribution in [0, 0.1) is 5.82 Å². The summed E-state index contributed by atoms with van der Waals surface area (Å²) in [6, 6.07) is 9.91. The molecule has 10 heteroatoms. The molecule has 1 heterocycles. The molecule has 3 aromatic rings. The molecular weight excluding hydrogens is 401 g/mol. The fourth-order valence-electron chi connectivity index (χ4n) is 2.48. The SMILES string of the molecule is CNc1cc(Nc2ncc(F)c(Nc3ccc(OC)c(Cl)c3)n2)ccc1OC=O. The molecule has 0 fully saturated rings. The second-order valence-electron chi connectivity index (χ2n) is 5.66. The number of ether oxygens (including phenoxy) is 2. The number of carbonyl (C=O) groups excluding carboxylic acids is 1. The van der Waals surface area contributed by atoms with Gasteiger partial charge in [-0.25, -0.2) is 9.37 Å². The molecule has 150 valence electrons. The maximum Gasteiger partial charge on any atom is 0.298 e. The lowest BCUT2D eigenvalue weighted by atomic mass is 10.2. The highest BCUT2D eigenvalue weighted by Crippen LogP contribution is 2.30. The van der Waals surface area contributed by atoms with Crippen molar-refractivity contribution in [2.75, 3.05) is 30.1 Å². The van der Waals surface area contributed by atoms with E-state index in [2.05, 4.69) is 25.9 Å². The van der Waals surface area contributed by atoms with Crippen molar-refractivity contribution in [1.82, 2.24) is 9.97 Å². The first-order chi connectivity index (χ1) is 14.0. The number of hydrogen-bond acceptors (Lipinski definition) is 8. The molecule has 0 aliphatic rings. The van der Waals surface area contributed by atoms with Crippen LogP contribution in [0.25, 0.3) is 0 Å². The third-order valence-corrected chi connectivity index (χ3v) is 4.13. The summed E-state index contributed by atoms with van der Waals surface area (Å²) in [6.45, 7) is 0.343. The summed E-state index contributed by atoms with van der Waals surface area (Å²) in [7, 11) is 3.20. The minimum absolute atomic E-state index is 0.0292. The normalized spacial score (nSPS) is 10.2. The van der Waals surface area contributed by atoms with Gasteiger partial charge in [-0.15, -0.1) is 0 Å². The van der Waals surface area contributed by atoms with E-state index in [0.717, 1.165) is 6.20 Å². The van der Waals surface area contributed by atoms with Gasteiger partial charge in [0.2, 0.25) is 5.95 Å². The van der Waals surface area contributed by atoms with Crippen LogP contribution in [-0.4, -0.2) is 30.6 Å². The first-order valence-electron chi connectivity index (χ1n) is 8.36. The van der Waals surface area contributed by atoms with Crippen molar-refractivity contribution < 1.29 is 18.7 Å². The molecule has 3 rings (SSSR count). The molecule has 0 saturated heterocycles. The Bertz CT molecular complexity index is 1030. The number of aromatic nitrogens is 2. The third kappa shape index (κ3) is 4.82. The van der Waals surface area contributed by atoms with E-state index in [-0.39, 0.29) is 11.8 Å². The van der Waals surface area contributed by atoms with Crippen molar-refractivity contribution in [3.8, 4) is 11.5 Å². The van der Waals surface area contributed by atoms with Crippen LogP contribution in [0.15, 0.2) is 42.6 Å². The van der Waals surface area contributed by atoms with Gasteiger partial charge < -0.3 is 25.4 Å². The first kappa shape index (κ1) is 20.2. The molecule has 2 aromatic carbocycles. The third-order valence-electron chi connectivity index (χ3n) is 3.84. The Morgan fingerprint density at radius 2 is 1.83 bits per heavy atom. The summed E-state index contributed by atoms with van der Waals surface area (Å²) in [5.74, 6) is 0.378. The van der Waals surface area contributed by atoms with Gasteiger partial charge in [0.1, 0.15) is 5.75 Å². The lowest BCUT2D eigenvalue weighted by Gasteiger charge is -2.12. The largest absolute Gasteiger partial charge is 0.495 e. The standard InChI is InChI=1S/C19H17ClFN5O3/c1-22-15-8-12(4-6-17(15)29-10-27)25-19-23-9-14(21)18(26-19)24-11-3-5-16(28-2)13(20)7-11/h3-10,22H,1-2H3,(H2,23,24,25,26). The first-order valence-corrected chi connectivity index (χ1v) is 8.74. The van der Waals surface area contributed by atoms with Crippen molar-refractivity contribution in [2.24, 2.45) is 0 Å². The molecular formula is C19H17ClFN5O3. The van der Waals surface area contributed by atoms with Crippen LogP contribution >= 0.6 is 11.6 Å². The molecule has 3 N–H and O–H groups in total. The summed E-state index contributed by atoms with van der Waals surface area (Å²) in [4.78, 5) is 18.7. The Kier molecular flexibility index (Phi) is 6.30. The molecule has 8 nitrogen and oxygen atoms in total. The highest BCUT2D eigenvalue weighted by Gasteiger charge is 2.11. The fourth-order valence-corrected chi connectivity index (χ4v) is 2.74. The van der Waals surface area contributed by atoms with Gasteiger partial charge in [0, 0.05) is 18.4 Å². The van der Waals surface area contributed by atoms with Crippen LogP contribution in [-0.2, 0) is 4.79 Å². The fraction of sp³-hybridized carbons (Fsp3) is 0.105. The molecule has 0 atom stereocenters. The van der Waals surface area contributed by atoms with Crippen molar-refractivity contribution in [3.63, 3.8) is 0 Å². The van der Waals surface area contributed by atoms with Crippen LogP contribution in [0.1, 0.15) is 0 Å². The molecule has 0 spiro atoms. The number of nitrogens with one attached hydrogen (secondary N) is 3. The van der Waals surface area contributed by atoms with Gasteiger partial charge in [-0.2, -0.15) is 4.98 Å². The average molecular weight is 418 g/mol. The Labute approximate surface area is 171 Å². The van der Waals surface area contributed by atoms with Crippen molar-refractivity contribution >= 4 is 46.9 Å². The van der Waals surface area contributed by atoms with Gasteiger partial charge in [0.05, 0.1) is 24.0 Å². The molecule has 0 radical (unpaired) electrons. The van der Waals surface area contributed by atoms with Gasteiger partial charge >= 0.3 is 0 Å². The highest BCUT2D eigenvalue weighted by molar-refractivity contribution is 6.32. The quantitative estimate of drug-likeness (QED) is 0.465. The van der Waals surface area contributed by atoms with E-state index < -0.39 is 5.82 Å². The summed E-state index contributed by atoms with van der Waals surface area (Å²) in [6.07, 6.45) is 1.05. The van der Waals surface area contributed by atoms with Crippen LogP contribution in [0.4, 0.5) is 33.2 Å². The predicted octanol–water partition coefficient (Wildman–Crippen LogP) is 4.34. The summed E-state index contributed by atoms with van der Waals surface area (Å²) in [5.41, 5.74) is 1.72. The van der Waals surface area contributed by atoms with Crippen molar-refractivity contribution in [3.05, 3.63) is 53.4 Å². The van der Waals surface area contributed by atoms with Gasteiger partial charge in [-0.1, -0.05) is 11.6 Å². The molecule has 0 amide bonds. The number of carbonyl (C=O) groups is 1. The minimum atomic E-state index is -0.631. The minimum Gasteiger partial charge on any atom is -0.495 e. The number of benzene rings is 2. The Morgan fingerprint density at radius 3 is 2.48 bits per heavy atom. The summed E-state index contributed by atoms with van der Waals surface area (Å²) in [5, 5.41) is 9.13. The van der Waals surface area contributed by atoms with E-state index in [1.165, 1.54) is 7.11 Å². The zero-order valence-corrected chi connectivity index (χ0v) is 16.2. The molecule has 0 unspecified atom stereocenters. The Balaban J connectivity index is 1.82. The van der Waals surface area contributed by atoms with Gasteiger partial charge in [-0.05, 0) is 36.4 Å². The number of hydrogen-bond donors (Lipinski definition) is 3. The number of halogens is 2. The number of anilines is 5. The zero-order chi connectivity index (χ0) is 20.8. The van der Waals surface area contributed by atoms with Crippen LogP contribution < -0.4 is 25.4 Å². The highest BCUT2D eigenvalue weighted by atomic mass is 35.5.